The number of carbonyl (C=O) groups is 2. The number of carbonyl (C=O) groups excluding carboxylic acids is 1. The Morgan fingerprint density at radius 1 is 1.29 bits per heavy atom. The maximum absolute atomic E-state index is 12.0. The van der Waals surface area contributed by atoms with Gasteiger partial charge in [0.2, 0.25) is 5.91 Å². The predicted molar refractivity (Wildman–Crippen MR) is 86.8 cm³/mol. The van der Waals surface area contributed by atoms with Crippen LogP contribution in [-0.2, 0) is 15.1 Å². The van der Waals surface area contributed by atoms with Crippen LogP contribution in [0.15, 0.2) is 24.3 Å². The minimum Gasteiger partial charge on any atom is -0.479 e. The van der Waals surface area contributed by atoms with Gasteiger partial charge in [0, 0.05) is 5.02 Å². The van der Waals surface area contributed by atoms with E-state index < -0.39 is 11.5 Å². The van der Waals surface area contributed by atoms with E-state index in [4.69, 9.17) is 11.6 Å². The molecule has 6 heteroatoms. The first-order valence-electron chi connectivity index (χ1n) is 6.84. The van der Waals surface area contributed by atoms with Crippen LogP contribution in [0.5, 0.6) is 0 Å². The van der Waals surface area contributed by atoms with E-state index >= 15 is 0 Å². The standard InChI is InChI=1S/C15H20ClNO3S/c1-3-9-21-10-13(18)17-15(4-2,14(19)20)11-5-7-12(16)8-6-11/h5-8H,3-4,9-10H2,1-2H3,(H,17,18)(H,19,20). The fraction of sp³-hybridized carbons (Fsp3) is 0.467. The molecule has 0 radical (unpaired) electrons. The van der Waals surface area contributed by atoms with Crippen LogP contribution in [0.1, 0.15) is 32.3 Å². The molecule has 21 heavy (non-hydrogen) atoms. The van der Waals surface area contributed by atoms with Crippen LogP contribution >= 0.6 is 23.4 Å². The van der Waals surface area contributed by atoms with Crippen LogP contribution in [0.2, 0.25) is 5.02 Å². The van der Waals surface area contributed by atoms with Crippen molar-refractivity contribution in [3.63, 3.8) is 0 Å². The number of carboxylic acid groups (broad SMARTS) is 1. The Bertz CT molecular complexity index is 492. The Labute approximate surface area is 134 Å². The Balaban J connectivity index is 2.96. The number of hydrogen-bond donors (Lipinski definition) is 2. The summed E-state index contributed by atoms with van der Waals surface area (Å²) >= 11 is 7.33. The van der Waals surface area contributed by atoms with Gasteiger partial charge in [-0.15, -0.1) is 0 Å². The summed E-state index contributed by atoms with van der Waals surface area (Å²) < 4.78 is 0. The first-order valence-corrected chi connectivity index (χ1v) is 8.37. The fourth-order valence-corrected chi connectivity index (χ4v) is 2.83. The van der Waals surface area contributed by atoms with Crippen molar-refractivity contribution < 1.29 is 14.7 Å². The Morgan fingerprint density at radius 2 is 1.90 bits per heavy atom. The molecule has 0 aliphatic heterocycles. The number of hydrogen-bond acceptors (Lipinski definition) is 3. The van der Waals surface area contributed by atoms with E-state index in [2.05, 4.69) is 5.32 Å². The first kappa shape index (κ1) is 17.9. The summed E-state index contributed by atoms with van der Waals surface area (Å²) in [6.45, 7) is 3.77. The highest BCUT2D eigenvalue weighted by Crippen LogP contribution is 2.27. The lowest BCUT2D eigenvalue weighted by atomic mass is 9.87. The van der Waals surface area contributed by atoms with Crippen LogP contribution in [0.4, 0.5) is 0 Å². The maximum Gasteiger partial charge on any atom is 0.334 e. The second kappa shape index (κ2) is 8.29. The van der Waals surface area contributed by atoms with Gasteiger partial charge in [-0.1, -0.05) is 37.6 Å². The molecule has 0 saturated carbocycles. The van der Waals surface area contributed by atoms with Gasteiger partial charge in [-0.25, -0.2) is 4.79 Å². The molecule has 1 amide bonds. The molecule has 0 fully saturated rings. The maximum atomic E-state index is 12.0. The molecule has 1 atom stereocenters. The number of nitrogens with one attached hydrogen (secondary N) is 1. The molecule has 4 nitrogen and oxygen atoms in total. The molecule has 2 N–H and O–H groups in total. The van der Waals surface area contributed by atoms with E-state index in [-0.39, 0.29) is 18.1 Å². The van der Waals surface area contributed by atoms with E-state index in [0.717, 1.165) is 12.2 Å². The zero-order valence-electron chi connectivity index (χ0n) is 12.2. The highest BCUT2D eigenvalue weighted by molar-refractivity contribution is 7.99. The van der Waals surface area contributed by atoms with Crippen molar-refractivity contribution in [2.45, 2.75) is 32.2 Å². The molecule has 116 valence electrons. The summed E-state index contributed by atoms with van der Waals surface area (Å²) in [6, 6.07) is 6.53. The molecular weight excluding hydrogens is 310 g/mol. The van der Waals surface area contributed by atoms with E-state index in [0.29, 0.717) is 10.6 Å². The zero-order valence-corrected chi connectivity index (χ0v) is 13.8. The van der Waals surface area contributed by atoms with Gasteiger partial charge in [0.1, 0.15) is 0 Å². The van der Waals surface area contributed by atoms with Crippen molar-refractivity contribution in [1.29, 1.82) is 0 Å². The zero-order chi connectivity index (χ0) is 15.9. The number of thioether (sulfide) groups is 1. The van der Waals surface area contributed by atoms with E-state index in [9.17, 15) is 14.7 Å². The highest BCUT2D eigenvalue weighted by atomic mass is 35.5. The third-order valence-corrected chi connectivity index (χ3v) is 4.58. The number of aliphatic carboxylic acids is 1. The number of benzene rings is 1. The molecule has 1 aromatic carbocycles. The van der Waals surface area contributed by atoms with Crippen LogP contribution < -0.4 is 5.32 Å². The molecule has 0 aromatic heterocycles. The molecule has 1 aromatic rings. The van der Waals surface area contributed by atoms with Crippen LogP contribution in [0, 0.1) is 0 Å². The summed E-state index contributed by atoms with van der Waals surface area (Å²) in [5, 5.41) is 12.8. The second-order valence-corrected chi connectivity index (χ2v) is 6.21. The summed E-state index contributed by atoms with van der Waals surface area (Å²) in [4.78, 5) is 23.8. The van der Waals surface area contributed by atoms with Gasteiger partial charge in [0.15, 0.2) is 5.54 Å². The molecule has 1 rings (SSSR count). The normalized spacial score (nSPS) is 13.5. The lowest BCUT2D eigenvalue weighted by Crippen LogP contribution is -2.52. The van der Waals surface area contributed by atoms with Crippen LogP contribution in [0.25, 0.3) is 0 Å². The lowest BCUT2D eigenvalue weighted by Gasteiger charge is -2.30. The van der Waals surface area contributed by atoms with Crippen molar-refractivity contribution >= 4 is 35.2 Å². The number of amides is 1. The number of halogens is 1. The van der Waals surface area contributed by atoms with Crippen molar-refractivity contribution in [1.82, 2.24) is 5.32 Å². The van der Waals surface area contributed by atoms with E-state index in [1.807, 2.05) is 6.92 Å². The Hall–Kier alpha value is -1.20. The van der Waals surface area contributed by atoms with Gasteiger partial charge in [0.05, 0.1) is 5.75 Å². The minimum atomic E-state index is -1.41. The first-order chi connectivity index (χ1) is 9.96. The second-order valence-electron chi connectivity index (χ2n) is 4.67. The Kier molecular flexibility index (Phi) is 7.05. The van der Waals surface area contributed by atoms with Crippen LogP contribution in [0.3, 0.4) is 0 Å². The van der Waals surface area contributed by atoms with E-state index in [1.54, 1.807) is 31.2 Å². The minimum absolute atomic E-state index is 0.258. The molecule has 1 unspecified atom stereocenters. The molecule has 0 heterocycles. The van der Waals surface area contributed by atoms with E-state index in [1.165, 1.54) is 11.8 Å². The third kappa shape index (κ3) is 4.64. The number of carboxylic acids is 1. The number of rotatable bonds is 8. The predicted octanol–water partition coefficient (Wildman–Crippen LogP) is 3.29. The third-order valence-electron chi connectivity index (χ3n) is 3.17. The van der Waals surface area contributed by atoms with Gasteiger partial charge >= 0.3 is 5.97 Å². The molecule has 0 saturated heterocycles. The van der Waals surface area contributed by atoms with Crippen molar-refractivity contribution in [2.75, 3.05) is 11.5 Å². The Morgan fingerprint density at radius 3 is 2.38 bits per heavy atom. The fourth-order valence-electron chi connectivity index (χ4n) is 2.01. The largest absolute Gasteiger partial charge is 0.479 e. The lowest BCUT2D eigenvalue weighted by molar-refractivity contribution is -0.148. The SMILES string of the molecule is CCCSCC(=O)NC(CC)(C(=O)O)c1ccc(Cl)cc1. The molecule has 0 spiro atoms. The average Bonchev–Trinajstić information content (AvgIpc) is 2.45. The quantitative estimate of drug-likeness (QED) is 0.718. The molecule has 0 aliphatic rings. The van der Waals surface area contributed by atoms with Crippen molar-refractivity contribution in [3.8, 4) is 0 Å². The van der Waals surface area contributed by atoms with Crippen molar-refractivity contribution in [2.24, 2.45) is 0 Å². The summed E-state index contributed by atoms with van der Waals surface area (Å²) in [6.07, 6.45) is 1.24. The summed E-state index contributed by atoms with van der Waals surface area (Å²) in [5.74, 6) is -0.203. The molecule has 0 aliphatic carbocycles. The summed E-state index contributed by atoms with van der Waals surface area (Å²) in [5.41, 5.74) is -0.884. The smallest absolute Gasteiger partial charge is 0.334 e. The molecular formula is C15H20ClNO3S. The van der Waals surface area contributed by atoms with Gasteiger partial charge in [-0.2, -0.15) is 11.8 Å². The highest BCUT2D eigenvalue weighted by Gasteiger charge is 2.40. The summed E-state index contributed by atoms with van der Waals surface area (Å²) in [7, 11) is 0. The monoisotopic (exact) mass is 329 g/mol. The van der Waals surface area contributed by atoms with Crippen LogP contribution in [-0.4, -0.2) is 28.5 Å². The van der Waals surface area contributed by atoms with Gasteiger partial charge in [0.25, 0.3) is 0 Å². The molecule has 0 bridgehead atoms. The van der Waals surface area contributed by atoms with Gasteiger partial charge in [-0.3, -0.25) is 4.79 Å². The van der Waals surface area contributed by atoms with Crippen molar-refractivity contribution in [3.05, 3.63) is 34.9 Å². The van der Waals surface area contributed by atoms with Gasteiger partial charge < -0.3 is 10.4 Å². The topological polar surface area (TPSA) is 66.4 Å². The van der Waals surface area contributed by atoms with Gasteiger partial charge in [-0.05, 0) is 36.3 Å². The average molecular weight is 330 g/mol.